The Bertz CT molecular complexity index is 1350. The average molecular weight is 421 g/mol. The SMILES string of the molecule is O=C1NS(=O)(=O)N(Cc2ccccc2-c2ccccc2)c2c1sc1ccccc21. The van der Waals surface area contributed by atoms with Gasteiger partial charge in [-0.25, -0.2) is 9.03 Å². The van der Waals surface area contributed by atoms with Crippen molar-refractivity contribution in [3.05, 3.63) is 89.3 Å². The van der Waals surface area contributed by atoms with Gasteiger partial charge in [0.1, 0.15) is 4.88 Å². The van der Waals surface area contributed by atoms with Gasteiger partial charge in [-0.1, -0.05) is 72.8 Å². The van der Waals surface area contributed by atoms with Crippen molar-refractivity contribution in [2.75, 3.05) is 4.31 Å². The van der Waals surface area contributed by atoms with Crippen molar-refractivity contribution in [3.63, 3.8) is 0 Å². The molecule has 4 aromatic rings. The Labute approximate surface area is 172 Å². The van der Waals surface area contributed by atoms with Gasteiger partial charge in [0.25, 0.3) is 5.91 Å². The Hall–Kier alpha value is -3.16. The first kappa shape index (κ1) is 17.9. The van der Waals surface area contributed by atoms with Crippen LogP contribution in [0.3, 0.4) is 0 Å². The summed E-state index contributed by atoms with van der Waals surface area (Å²) in [6.07, 6.45) is 0. The molecule has 0 bridgehead atoms. The summed E-state index contributed by atoms with van der Waals surface area (Å²) in [5.41, 5.74) is 3.29. The summed E-state index contributed by atoms with van der Waals surface area (Å²) in [6, 6.07) is 25.1. The van der Waals surface area contributed by atoms with Crippen LogP contribution < -0.4 is 9.03 Å². The van der Waals surface area contributed by atoms with E-state index in [-0.39, 0.29) is 6.54 Å². The highest BCUT2D eigenvalue weighted by atomic mass is 32.2. The zero-order chi connectivity index (χ0) is 20.0. The molecule has 0 fully saturated rings. The van der Waals surface area contributed by atoms with E-state index in [0.29, 0.717) is 10.6 Å². The maximum absolute atomic E-state index is 12.9. The van der Waals surface area contributed by atoms with Gasteiger partial charge in [0.2, 0.25) is 0 Å². The summed E-state index contributed by atoms with van der Waals surface area (Å²) >= 11 is 1.31. The summed E-state index contributed by atoms with van der Waals surface area (Å²) in [4.78, 5) is 12.9. The predicted molar refractivity (Wildman–Crippen MR) is 116 cm³/mol. The van der Waals surface area contributed by atoms with E-state index < -0.39 is 16.1 Å². The lowest BCUT2D eigenvalue weighted by atomic mass is 9.99. The van der Waals surface area contributed by atoms with E-state index in [1.807, 2.05) is 78.9 Å². The lowest BCUT2D eigenvalue weighted by Crippen LogP contribution is -2.47. The molecule has 0 spiro atoms. The van der Waals surface area contributed by atoms with Crippen LogP contribution in [0.2, 0.25) is 0 Å². The Morgan fingerprint density at radius 3 is 2.38 bits per heavy atom. The van der Waals surface area contributed by atoms with Crippen LogP contribution in [0.25, 0.3) is 21.2 Å². The molecule has 2 heterocycles. The molecule has 0 saturated carbocycles. The van der Waals surface area contributed by atoms with E-state index in [2.05, 4.69) is 4.72 Å². The number of hydrogen-bond donors (Lipinski definition) is 1. The molecule has 1 amide bonds. The molecule has 3 aromatic carbocycles. The molecule has 5 rings (SSSR count). The number of rotatable bonds is 3. The molecule has 1 aromatic heterocycles. The third kappa shape index (κ3) is 2.99. The number of amides is 1. The molecule has 0 radical (unpaired) electrons. The largest absolute Gasteiger partial charge is 0.326 e. The molecular weight excluding hydrogens is 404 g/mol. The van der Waals surface area contributed by atoms with E-state index in [4.69, 9.17) is 0 Å². The molecule has 144 valence electrons. The molecule has 1 aliphatic rings. The van der Waals surface area contributed by atoms with Crippen molar-refractivity contribution in [2.24, 2.45) is 0 Å². The number of benzene rings is 3. The quantitative estimate of drug-likeness (QED) is 0.528. The van der Waals surface area contributed by atoms with Gasteiger partial charge in [0.05, 0.1) is 12.2 Å². The van der Waals surface area contributed by atoms with Gasteiger partial charge >= 0.3 is 10.2 Å². The Balaban J connectivity index is 1.68. The second-order valence-corrected chi connectivity index (χ2v) is 9.39. The zero-order valence-electron chi connectivity index (χ0n) is 15.2. The minimum absolute atomic E-state index is 0.126. The van der Waals surface area contributed by atoms with Crippen LogP contribution in [0, 0.1) is 0 Å². The zero-order valence-corrected chi connectivity index (χ0v) is 16.8. The summed E-state index contributed by atoms with van der Waals surface area (Å²) in [7, 11) is -4.00. The number of thiophene rings is 1. The van der Waals surface area contributed by atoms with Crippen LogP contribution in [0.15, 0.2) is 78.9 Å². The highest BCUT2D eigenvalue weighted by Gasteiger charge is 2.37. The van der Waals surface area contributed by atoms with Crippen LogP contribution in [0.4, 0.5) is 5.69 Å². The normalized spacial score (nSPS) is 15.2. The number of carbonyl (C=O) groups excluding carboxylic acids is 1. The molecule has 7 heteroatoms. The van der Waals surface area contributed by atoms with Crippen LogP contribution in [-0.2, 0) is 16.8 Å². The minimum Gasteiger partial charge on any atom is -0.267 e. The van der Waals surface area contributed by atoms with Crippen LogP contribution in [0.5, 0.6) is 0 Å². The molecule has 29 heavy (non-hydrogen) atoms. The molecule has 1 N–H and O–H groups in total. The van der Waals surface area contributed by atoms with E-state index in [1.54, 1.807) is 0 Å². The lowest BCUT2D eigenvalue weighted by Gasteiger charge is -2.29. The lowest BCUT2D eigenvalue weighted by molar-refractivity contribution is 0.0984. The number of anilines is 1. The third-order valence-electron chi connectivity index (χ3n) is 4.95. The van der Waals surface area contributed by atoms with Crippen molar-refractivity contribution >= 4 is 43.2 Å². The predicted octanol–water partition coefficient (Wildman–Crippen LogP) is 4.56. The first-order chi connectivity index (χ1) is 14.0. The smallest absolute Gasteiger partial charge is 0.267 e. The van der Waals surface area contributed by atoms with Gasteiger partial charge in [0, 0.05) is 10.1 Å². The minimum atomic E-state index is -4.00. The number of hydrogen-bond acceptors (Lipinski definition) is 4. The molecule has 0 aliphatic carbocycles. The highest BCUT2D eigenvalue weighted by Crippen LogP contribution is 2.42. The summed E-state index contributed by atoms with van der Waals surface area (Å²) in [5, 5.41) is 0.767. The standard InChI is InChI=1S/C22H16N2O3S2/c25-22-21-20(18-12-6-7-13-19(18)28-21)24(29(26,27)23-22)14-16-10-4-5-11-17(16)15-8-2-1-3-9-15/h1-13H,14H2,(H,23,25). The van der Waals surface area contributed by atoms with Gasteiger partial charge < -0.3 is 0 Å². The molecule has 0 unspecified atom stereocenters. The van der Waals surface area contributed by atoms with E-state index >= 15 is 0 Å². The van der Waals surface area contributed by atoms with Crippen molar-refractivity contribution < 1.29 is 13.2 Å². The third-order valence-corrected chi connectivity index (χ3v) is 7.45. The summed E-state index contributed by atoms with van der Waals surface area (Å²) in [6.45, 7) is 0.126. The Kier molecular flexibility index (Phi) is 4.15. The molecular formula is C22H16N2O3S2. The van der Waals surface area contributed by atoms with Gasteiger partial charge in [-0.15, -0.1) is 11.3 Å². The van der Waals surface area contributed by atoms with E-state index in [9.17, 15) is 13.2 Å². The van der Waals surface area contributed by atoms with Gasteiger partial charge in [-0.2, -0.15) is 8.42 Å². The monoisotopic (exact) mass is 420 g/mol. The van der Waals surface area contributed by atoms with Gasteiger partial charge in [-0.05, 0) is 22.8 Å². The fourth-order valence-corrected chi connectivity index (χ4v) is 6.06. The average Bonchev–Trinajstić information content (AvgIpc) is 3.12. The molecule has 0 atom stereocenters. The van der Waals surface area contributed by atoms with Gasteiger partial charge in [0.15, 0.2) is 0 Å². The topological polar surface area (TPSA) is 66.5 Å². The maximum Gasteiger partial charge on any atom is 0.326 e. The Morgan fingerprint density at radius 1 is 0.862 bits per heavy atom. The number of nitrogens with one attached hydrogen (secondary N) is 1. The van der Waals surface area contributed by atoms with Crippen molar-refractivity contribution in [1.82, 2.24) is 4.72 Å². The first-order valence-electron chi connectivity index (χ1n) is 9.04. The molecule has 0 saturated heterocycles. The maximum atomic E-state index is 12.9. The number of nitrogens with zero attached hydrogens (tertiary/aromatic N) is 1. The van der Waals surface area contributed by atoms with E-state index in [0.717, 1.165) is 26.8 Å². The second kappa shape index (κ2) is 6.72. The van der Waals surface area contributed by atoms with Crippen LogP contribution >= 0.6 is 11.3 Å². The molecule has 1 aliphatic heterocycles. The Morgan fingerprint density at radius 2 is 1.55 bits per heavy atom. The van der Waals surface area contributed by atoms with E-state index in [1.165, 1.54) is 15.6 Å². The summed E-state index contributed by atoms with van der Waals surface area (Å²) in [5.74, 6) is -0.575. The number of fused-ring (bicyclic) bond motifs is 3. The fraction of sp³-hybridized carbons (Fsp3) is 0.0455. The van der Waals surface area contributed by atoms with Crippen molar-refractivity contribution in [2.45, 2.75) is 6.54 Å². The van der Waals surface area contributed by atoms with Crippen LogP contribution in [0.1, 0.15) is 15.2 Å². The van der Waals surface area contributed by atoms with Crippen molar-refractivity contribution in [1.29, 1.82) is 0 Å². The first-order valence-corrected chi connectivity index (χ1v) is 11.3. The fourth-order valence-electron chi connectivity index (χ4n) is 3.65. The van der Waals surface area contributed by atoms with Crippen molar-refractivity contribution in [3.8, 4) is 11.1 Å². The van der Waals surface area contributed by atoms with Crippen LogP contribution in [-0.4, -0.2) is 14.3 Å². The van der Waals surface area contributed by atoms with Gasteiger partial charge in [-0.3, -0.25) is 4.79 Å². The number of carbonyl (C=O) groups is 1. The summed E-state index contributed by atoms with van der Waals surface area (Å²) < 4.78 is 30.3. The molecule has 5 nitrogen and oxygen atoms in total. The second-order valence-electron chi connectivity index (χ2n) is 6.74. The highest BCUT2D eigenvalue weighted by molar-refractivity contribution is 7.91.